The maximum absolute atomic E-state index is 12.6. The number of hydrogen-bond donors (Lipinski definition) is 1. The Morgan fingerprint density at radius 2 is 1.65 bits per heavy atom. The van der Waals surface area contributed by atoms with Crippen LogP contribution in [0.1, 0.15) is 28.8 Å². The first-order valence-corrected chi connectivity index (χ1v) is 10.7. The predicted molar refractivity (Wildman–Crippen MR) is 102 cm³/mol. The molecule has 1 fully saturated rings. The van der Waals surface area contributed by atoms with E-state index in [0.717, 1.165) is 38.7 Å². The first kappa shape index (κ1) is 18.6. The largest absolute Gasteiger partial charge is 0.349 e. The van der Waals surface area contributed by atoms with E-state index in [1.807, 2.05) is 18.2 Å². The molecule has 1 saturated heterocycles. The van der Waals surface area contributed by atoms with Crippen molar-refractivity contribution in [2.24, 2.45) is 0 Å². The number of likely N-dealkylation sites (tertiary alicyclic amines) is 1. The van der Waals surface area contributed by atoms with Gasteiger partial charge in [0.25, 0.3) is 5.91 Å². The van der Waals surface area contributed by atoms with Gasteiger partial charge in [0.2, 0.25) is 0 Å². The van der Waals surface area contributed by atoms with E-state index in [1.165, 1.54) is 11.6 Å². The number of benzene rings is 2. The number of sulfone groups is 1. The quantitative estimate of drug-likeness (QED) is 0.876. The minimum Gasteiger partial charge on any atom is -0.349 e. The van der Waals surface area contributed by atoms with Crippen LogP contribution >= 0.6 is 0 Å². The van der Waals surface area contributed by atoms with Crippen molar-refractivity contribution >= 4 is 15.7 Å². The second-order valence-electron chi connectivity index (χ2n) is 6.78. The number of nitrogens with zero attached hydrogens (tertiary/aromatic N) is 1. The van der Waals surface area contributed by atoms with Gasteiger partial charge in [0, 0.05) is 31.9 Å². The molecule has 1 heterocycles. The highest BCUT2D eigenvalue weighted by atomic mass is 32.2. The summed E-state index contributed by atoms with van der Waals surface area (Å²) < 4.78 is 23.8. The molecule has 0 unspecified atom stereocenters. The molecule has 0 atom stereocenters. The van der Waals surface area contributed by atoms with E-state index >= 15 is 0 Å². The predicted octanol–water partition coefficient (Wildman–Crippen LogP) is 2.48. The molecular formula is C20H24N2O3S. The summed E-state index contributed by atoms with van der Waals surface area (Å²) in [6, 6.07) is 16.8. The summed E-state index contributed by atoms with van der Waals surface area (Å²) in [6.45, 7) is 2.74. The molecule has 2 aromatic rings. The lowest BCUT2D eigenvalue weighted by Gasteiger charge is -2.32. The van der Waals surface area contributed by atoms with Gasteiger partial charge in [-0.05, 0) is 30.5 Å². The first-order chi connectivity index (χ1) is 12.4. The van der Waals surface area contributed by atoms with Crippen molar-refractivity contribution in [2.45, 2.75) is 30.3 Å². The lowest BCUT2D eigenvalue weighted by atomic mass is 10.0. The number of amides is 1. The van der Waals surface area contributed by atoms with E-state index in [4.69, 9.17) is 0 Å². The minimum absolute atomic E-state index is 0.0714. The van der Waals surface area contributed by atoms with Crippen LogP contribution in [0.4, 0.5) is 0 Å². The molecule has 3 rings (SSSR count). The molecule has 0 radical (unpaired) electrons. The standard InChI is InChI=1S/C20H24N2O3S/c1-26(24,25)19-10-6-5-9-18(19)20(23)21-17-11-13-22(14-12-17)15-16-7-3-2-4-8-16/h2-10,17H,11-15H2,1H3,(H,21,23). The van der Waals surface area contributed by atoms with Crippen LogP contribution in [0.2, 0.25) is 0 Å². The fraction of sp³-hybridized carbons (Fsp3) is 0.350. The topological polar surface area (TPSA) is 66.5 Å². The Morgan fingerprint density at radius 3 is 2.31 bits per heavy atom. The van der Waals surface area contributed by atoms with Gasteiger partial charge in [0.15, 0.2) is 9.84 Å². The summed E-state index contributed by atoms with van der Waals surface area (Å²) >= 11 is 0. The number of piperidine rings is 1. The lowest BCUT2D eigenvalue weighted by Crippen LogP contribution is -2.44. The molecule has 6 heteroatoms. The van der Waals surface area contributed by atoms with E-state index < -0.39 is 9.84 Å². The molecule has 5 nitrogen and oxygen atoms in total. The summed E-state index contributed by atoms with van der Waals surface area (Å²) in [5.41, 5.74) is 1.51. The van der Waals surface area contributed by atoms with Crippen LogP contribution in [0.25, 0.3) is 0 Å². The molecular weight excluding hydrogens is 348 g/mol. The second kappa shape index (κ2) is 8.01. The van der Waals surface area contributed by atoms with Gasteiger partial charge in [-0.15, -0.1) is 0 Å². The molecule has 1 aliphatic rings. The highest BCUT2D eigenvalue weighted by Crippen LogP contribution is 2.18. The highest BCUT2D eigenvalue weighted by molar-refractivity contribution is 7.90. The van der Waals surface area contributed by atoms with Crippen LogP contribution in [0.15, 0.2) is 59.5 Å². The number of carbonyl (C=O) groups excluding carboxylic acids is 1. The van der Waals surface area contributed by atoms with Gasteiger partial charge in [-0.25, -0.2) is 8.42 Å². The normalized spacial score (nSPS) is 16.3. The van der Waals surface area contributed by atoms with Gasteiger partial charge in [0.05, 0.1) is 10.5 Å². The van der Waals surface area contributed by atoms with Crippen LogP contribution in [0, 0.1) is 0 Å². The van der Waals surface area contributed by atoms with Gasteiger partial charge >= 0.3 is 0 Å². The average Bonchev–Trinajstić information content (AvgIpc) is 2.63. The first-order valence-electron chi connectivity index (χ1n) is 8.80. The van der Waals surface area contributed by atoms with E-state index in [0.29, 0.717) is 0 Å². The Balaban J connectivity index is 1.58. The summed E-state index contributed by atoms with van der Waals surface area (Å²) in [6.07, 6.45) is 2.85. The van der Waals surface area contributed by atoms with Crippen molar-refractivity contribution in [1.29, 1.82) is 0 Å². The van der Waals surface area contributed by atoms with Crippen molar-refractivity contribution in [2.75, 3.05) is 19.3 Å². The van der Waals surface area contributed by atoms with Crippen LogP contribution < -0.4 is 5.32 Å². The number of hydrogen-bond acceptors (Lipinski definition) is 4. The Bertz CT molecular complexity index is 858. The number of carbonyl (C=O) groups is 1. The Kier molecular flexibility index (Phi) is 5.74. The van der Waals surface area contributed by atoms with Crippen molar-refractivity contribution in [3.05, 3.63) is 65.7 Å². The zero-order chi connectivity index (χ0) is 18.6. The summed E-state index contributed by atoms with van der Waals surface area (Å²) in [4.78, 5) is 15.0. The molecule has 0 aromatic heterocycles. The monoisotopic (exact) mass is 372 g/mol. The maximum atomic E-state index is 12.6. The third-order valence-corrected chi connectivity index (χ3v) is 5.86. The van der Waals surface area contributed by atoms with E-state index in [9.17, 15) is 13.2 Å². The fourth-order valence-electron chi connectivity index (χ4n) is 3.32. The molecule has 138 valence electrons. The van der Waals surface area contributed by atoms with E-state index in [1.54, 1.807) is 18.2 Å². The van der Waals surface area contributed by atoms with Crippen molar-refractivity contribution in [3.8, 4) is 0 Å². The third-order valence-electron chi connectivity index (χ3n) is 4.70. The van der Waals surface area contributed by atoms with E-state index in [-0.39, 0.29) is 22.4 Å². The zero-order valence-electron chi connectivity index (χ0n) is 14.9. The number of nitrogens with one attached hydrogen (secondary N) is 1. The van der Waals surface area contributed by atoms with Gasteiger partial charge in [-0.2, -0.15) is 0 Å². The second-order valence-corrected chi connectivity index (χ2v) is 8.76. The zero-order valence-corrected chi connectivity index (χ0v) is 15.7. The molecule has 0 saturated carbocycles. The Hall–Kier alpha value is -2.18. The SMILES string of the molecule is CS(=O)(=O)c1ccccc1C(=O)NC1CCN(Cc2ccccc2)CC1. The van der Waals surface area contributed by atoms with Crippen LogP contribution in [0.3, 0.4) is 0 Å². The van der Waals surface area contributed by atoms with Crippen LogP contribution in [-0.4, -0.2) is 44.6 Å². The van der Waals surface area contributed by atoms with Gasteiger partial charge in [-0.3, -0.25) is 9.69 Å². The molecule has 0 bridgehead atoms. The number of rotatable bonds is 5. The van der Waals surface area contributed by atoms with Gasteiger partial charge in [0.1, 0.15) is 0 Å². The summed E-state index contributed by atoms with van der Waals surface area (Å²) in [5, 5.41) is 3.00. The Labute approximate surface area is 154 Å². The van der Waals surface area contributed by atoms with Crippen molar-refractivity contribution in [3.63, 3.8) is 0 Å². The smallest absolute Gasteiger partial charge is 0.252 e. The summed E-state index contributed by atoms with van der Waals surface area (Å²) in [7, 11) is -3.43. The molecule has 2 aromatic carbocycles. The summed E-state index contributed by atoms with van der Waals surface area (Å²) in [5.74, 6) is -0.312. The fourth-order valence-corrected chi connectivity index (χ4v) is 4.20. The van der Waals surface area contributed by atoms with Crippen LogP contribution in [0.5, 0.6) is 0 Å². The highest BCUT2D eigenvalue weighted by Gasteiger charge is 2.23. The van der Waals surface area contributed by atoms with Crippen molar-refractivity contribution < 1.29 is 13.2 Å². The molecule has 1 aliphatic heterocycles. The Morgan fingerprint density at radius 1 is 1.04 bits per heavy atom. The minimum atomic E-state index is -3.43. The third kappa shape index (κ3) is 4.71. The van der Waals surface area contributed by atoms with Crippen LogP contribution in [-0.2, 0) is 16.4 Å². The molecule has 0 aliphatic carbocycles. The molecule has 0 spiro atoms. The van der Waals surface area contributed by atoms with Gasteiger partial charge in [-0.1, -0.05) is 42.5 Å². The molecule has 1 amide bonds. The van der Waals surface area contributed by atoms with E-state index in [2.05, 4.69) is 22.3 Å². The van der Waals surface area contributed by atoms with Crippen molar-refractivity contribution in [1.82, 2.24) is 10.2 Å². The average molecular weight is 372 g/mol. The van der Waals surface area contributed by atoms with Gasteiger partial charge < -0.3 is 5.32 Å². The lowest BCUT2D eigenvalue weighted by molar-refractivity contribution is 0.0905. The maximum Gasteiger partial charge on any atom is 0.252 e. The molecule has 26 heavy (non-hydrogen) atoms. The molecule has 1 N–H and O–H groups in total.